The van der Waals surface area contributed by atoms with Crippen LogP contribution in [0.3, 0.4) is 0 Å². The number of fused-ring (bicyclic) bond motifs is 23. The van der Waals surface area contributed by atoms with Crippen molar-refractivity contribution < 1.29 is 0 Å². The Kier molecular flexibility index (Phi) is 6.67. The average Bonchev–Trinajstić information content (AvgIpc) is 4.14. The lowest BCUT2D eigenvalue weighted by molar-refractivity contribution is 0.791. The van der Waals surface area contributed by atoms with Crippen molar-refractivity contribution in [2.75, 3.05) is 4.90 Å². The Morgan fingerprint density at radius 2 is 0.641 bits per heavy atom. The van der Waals surface area contributed by atoms with E-state index in [-0.39, 0.29) is 0 Å². The smallest absolute Gasteiger partial charge is 0.0746 e. The molecule has 0 fully saturated rings. The predicted octanol–water partition coefficient (Wildman–Crippen LogP) is 15.4. The Bertz CT molecular complexity index is 3570. The maximum Gasteiger partial charge on any atom is 0.0746 e. The second kappa shape index (κ2) is 12.3. The fraction of sp³-hybridized carbons (Fsp3) is 0.0476. The van der Waals surface area contributed by atoms with E-state index in [9.17, 15) is 0 Å². The lowest BCUT2D eigenvalue weighted by Crippen LogP contribution is -2.28. The lowest BCUT2D eigenvalue weighted by atomic mass is 9.70. The van der Waals surface area contributed by atoms with Crippen LogP contribution in [0.25, 0.3) is 55.6 Å². The van der Waals surface area contributed by atoms with E-state index >= 15 is 0 Å². The summed E-state index contributed by atoms with van der Waals surface area (Å²) in [5.74, 6) is 0. The molecule has 1 heteroatoms. The molecule has 0 aliphatic heterocycles. The highest BCUT2D eigenvalue weighted by molar-refractivity contribution is 6.05. The first-order chi connectivity index (χ1) is 31.8. The summed E-state index contributed by atoms with van der Waals surface area (Å²) in [6, 6.07) is 85.5. The first kappa shape index (κ1) is 34.6. The molecule has 15 rings (SSSR count). The summed E-state index contributed by atoms with van der Waals surface area (Å²) in [6.07, 6.45) is 0.876. The highest BCUT2D eigenvalue weighted by Crippen LogP contribution is 2.68. The average molecular weight is 810 g/mol. The molecule has 5 aliphatic carbocycles. The van der Waals surface area contributed by atoms with E-state index in [1.807, 2.05) is 0 Å². The van der Waals surface area contributed by atoms with Gasteiger partial charge in [-0.3, -0.25) is 0 Å². The summed E-state index contributed by atoms with van der Waals surface area (Å²) in [5, 5.41) is 0. The van der Waals surface area contributed by atoms with E-state index in [1.54, 1.807) is 0 Å². The Labute approximate surface area is 373 Å². The molecule has 0 amide bonds. The minimum absolute atomic E-state index is 0.463. The summed E-state index contributed by atoms with van der Waals surface area (Å²) in [4.78, 5) is 2.70. The first-order valence-electron chi connectivity index (χ1n) is 22.7. The van der Waals surface area contributed by atoms with Crippen LogP contribution in [0.2, 0.25) is 0 Å². The van der Waals surface area contributed by atoms with Crippen LogP contribution in [0.15, 0.2) is 224 Å². The van der Waals surface area contributed by atoms with Crippen molar-refractivity contribution in [2.45, 2.75) is 17.3 Å². The highest BCUT2D eigenvalue weighted by atomic mass is 15.2. The number of benzene rings is 10. The van der Waals surface area contributed by atoms with Gasteiger partial charge in [-0.2, -0.15) is 0 Å². The van der Waals surface area contributed by atoms with Gasteiger partial charge in [-0.05, 0) is 118 Å². The maximum atomic E-state index is 2.70. The van der Waals surface area contributed by atoms with Gasteiger partial charge in [0.1, 0.15) is 0 Å². The number of hydrogen-bond donors (Lipinski definition) is 0. The van der Waals surface area contributed by atoms with E-state index < -0.39 is 10.8 Å². The summed E-state index contributed by atoms with van der Waals surface area (Å²) in [6.45, 7) is 0. The number of nitrogens with zero attached hydrogens (tertiary/aromatic N) is 1. The van der Waals surface area contributed by atoms with Crippen LogP contribution in [0.5, 0.6) is 0 Å². The Balaban J connectivity index is 1.10. The van der Waals surface area contributed by atoms with Crippen molar-refractivity contribution in [3.63, 3.8) is 0 Å². The van der Waals surface area contributed by atoms with Gasteiger partial charge in [-0.1, -0.05) is 206 Å². The van der Waals surface area contributed by atoms with E-state index in [2.05, 4.69) is 229 Å². The molecule has 0 heterocycles. The largest absolute Gasteiger partial charge is 0.309 e. The van der Waals surface area contributed by atoms with Gasteiger partial charge in [0, 0.05) is 17.5 Å². The quantitative estimate of drug-likeness (QED) is 0.172. The minimum Gasteiger partial charge on any atom is -0.309 e. The normalized spacial score (nSPS) is 14.8. The van der Waals surface area contributed by atoms with Crippen molar-refractivity contribution in [3.8, 4) is 55.6 Å². The topological polar surface area (TPSA) is 3.24 Å². The second-order valence-corrected chi connectivity index (χ2v) is 18.1. The van der Waals surface area contributed by atoms with E-state index in [1.165, 1.54) is 128 Å². The Hall–Kier alpha value is -8.00. The minimum atomic E-state index is -0.532. The number of anilines is 3. The molecule has 10 aromatic rings. The predicted molar refractivity (Wildman–Crippen MR) is 262 cm³/mol. The van der Waals surface area contributed by atoms with Crippen molar-refractivity contribution in [1.29, 1.82) is 0 Å². The monoisotopic (exact) mass is 809 g/mol. The lowest BCUT2D eigenvalue weighted by Gasteiger charge is -2.37. The molecule has 64 heavy (non-hydrogen) atoms. The van der Waals surface area contributed by atoms with Crippen LogP contribution in [0.1, 0.15) is 55.6 Å². The van der Waals surface area contributed by atoms with Crippen molar-refractivity contribution in [3.05, 3.63) is 280 Å². The second-order valence-electron chi connectivity index (χ2n) is 18.1. The van der Waals surface area contributed by atoms with Crippen molar-refractivity contribution >= 4 is 17.1 Å². The van der Waals surface area contributed by atoms with Gasteiger partial charge >= 0.3 is 0 Å². The summed E-state index contributed by atoms with van der Waals surface area (Å²) >= 11 is 0. The zero-order valence-corrected chi connectivity index (χ0v) is 35.0. The van der Waals surface area contributed by atoms with E-state index in [0.29, 0.717) is 0 Å². The van der Waals surface area contributed by atoms with Crippen LogP contribution < -0.4 is 4.90 Å². The SMILES string of the molecule is c1ccc2c(c1)Cc1c-2cccc1N(c1cccc2c1-c1ccccc1C21c2ccccc2-c2ccccc21)c1cccc2c1C1(c3ccccc3-c3ccccc31)c1ccccc1-2. The molecule has 10 aromatic carbocycles. The van der Waals surface area contributed by atoms with Gasteiger partial charge in [0.05, 0.1) is 27.9 Å². The molecule has 0 bridgehead atoms. The van der Waals surface area contributed by atoms with Gasteiger partial charge < -0.3 is 4.90 Å². The first-order valence-corrected chi connectivity index (χ1v) is 22.7. The molecule has 0 unspecified atom stereocenters. The zero-order valence-electron chi connectivity index (χ0n) is 35.0. The highest BCUT2D eigenvalue weighted by Gasteiger charge is 2.55. The molecule has 0 atom stereocenters. The molecule has 0 saturated carbocycles. The molecule has 1 nitrogen and oxygen atoms in total. The van der Waals surface area contributed by atoms with Crippen molar-refractivity contribution in [1.82, 2.24) is 0 Å². The Morgan fingerprint density at radius 1 is 0.266 bits per heavy atom. The molecule has 0 saturated heterocycles. The summed E-state index contributed by atoms with van der Waals surface area (Å²) < 4.78 is 0. The number of hydrogen-bond acceptors (Lipinski definition) is 1. The molecule has 0 N–H and O–H groups in total. The molecular formula is C63H39N. The van der Waals surface area contributed by atoms with Crippen molar-refractivity contribution in [2.24, 2.45) is 0 Å². The third-order valence-corrected chi connectivity index (χ3v) is 15.5. The van der Waals surface area contributed by atoms with E-state index in [4.69, 9.17) is 0 Å². The van der Waals surface area contributed by atoms with Gasteiger partial charge in [0.2, 0.25) is 0 Å². The third-order valence-electron chi connectivity index (χ3n) is 15.5. The maximum absolute atomic E-state index is 2.70. The molecule has 0 radical (unpaired) electrons. The number of rotatable bonds is 3. The zero-order chi connectivity index (χ0) is 41.7. The third kappa shape index (κ3) is 3.99. The van der Waals surface area contributed by atoms with Gasteiger partial charge in [0.15, 0.2) is 0 Å². The molecule has 0 aromatic heterocycles. The van der Waals surface area contributed by atoms with Gasteiger partial charge in [-0.15, -0.1) is 0 Å². The van der Waals surface area contributed by atoms with Crippen LogP contribution in [-0.2, 0) is 17.3 Å². The van der Waals surface area contributed by atoms with Gasteiger partial charge in [0.25, 0.3) is 0 Å². The van der Waals surface area contributed by atoms with Crippen LogP contribution >= 0.6 is 0 Å². The molecular weight excluding hydrogens is 771 g/mol. The van der Waals surface area contributed by atoms with Gasteiger partial charge in [-0.25, -0.2) is 0 Å². The fourth-order valence-electron chi connectivity index (χ4n) is 13.4. The summed E-state index contributed by atoms with van der Waals surface area (Å²) in [5.41, 5.74) is 29.3. The molecule has 5 aliphatic rings. The van der Waals surface area contributed by atoms with Crippen LogP contribution in [0.4, 0.5) is 17.1 Å². The molecule has 296 valence electrons. The van der Waals surface area contributed by atoms with Crippen LogP contribution in [0, 0.1) is 0 Å². The van der Waals surface area contributed by atoms with E-state index in [0.717, 1.165) is 6.42 Å². The molecule has 2 spiro atoms. The van der Waals surface area contributed by atoms with Crippen LogP contribution in [-0.4, -0.2) is 0 Å². The standard InChI is InChI=1S/C63H39N/c1-2-19-40-39(18-1)38-49-41(40)26-15-35-57(49)64(58-36-17-34-56-60(58)48-25-8-14-33-55(48)62(56)50-28-9-3-20-42(50)43-21-4-10-29-51(43)62)59-37-16-27-47-46-24-7-13-32-54(46)63(61(47)59)52-30-11-5-22-44(52)45-23-6-12-31-53(45)63/h1-37H,38H2. The fourth-order valence-corrected chi connectivity index (χ4v) is 13.4. The Morgan fingerprint density at radius 3 is 1.22 bits per heavy atom. The summed E-state index contributed by atoms with van der Waals surface area (Å²) in [7, 11) is 0.